The molecule has 0 bridgehead atoms. The maximum Gasteiger partial charge on any atom is 0.308 e. The first kappa shape index (κ1) is 33.1. The number of aromatic nitrogens is 1. The van der Waals surface area contributed by atoms with Crippen LogP contribution < -0.4 is 5.32 Å². The first-order chi connectivity index (χ1) is 21.5. The quantitative estimate of drug-likeness (QED) is 0.289. The zero-order valence-electron chi connectivity index (χ0n) is 25.3. The van der Waals surface area contributed by atoms with Crippen molar-refractivity contribution < 1.29 is 36.7 Å². The molecule has 0 spiro atoms. The van der Waals surface area contributed by atoms with E-state index in [1.54, 1.807) is 11.1 Å². The number of esters is 1. The fraction of sp³-hybridized carbons (Fsp3) is 0.469. The van der Waals surface area contributed by atoms with Gasteiger partial charge in [-0.2, -0.15) is 0 Å². The van der Waals surface area contributed by atoms with Gasteiger partial charge in [-0.3, -0.25) is 19.3 Å². The Balaban J connectivity index is 1.24. The average Bonchev–Trinajstić information content (AvgIpc) is 3.66. The third kappa shape index (κ3) is 7.57. The number of para-hydroxylation sites is 1. The number of hydrogen-bond acceptors (Lipinski definition) is 8. The van der Waals surface area contributed by atoms with Crippen molar-refractivity contribution in [3.8, 4) is 0 Å². The number of aryl methyl sites for hydroxylation is 1. The van der Waals surface area contributed by atoms with Gasteiger partial charge in [-0.15, -0.1) is 0 Å². The van der Waals surface area contributed by atoms with Gasteiger partial charge in [-0.1, -0.05) is 29.8 Å². The van der Waals surface area contributed by atoms with E-state index in [4.69, 9.17) is 21.1 Å². The molecule has 1 N–H and O–H groups in total. The summed E-state index contributed by atoms with van der Waals surface area (Å²) >= 11 is 6.39. The number of methoxy groups -OCH3 is 1. The van der Waals surface area contributed by atoms with Crippen LogP contribution in [0.2, 0.25) is 5.02 Å². The summed E-state index contributed by atoms with van der Waals surface area (Å²) in [5.74, 6) is -3.33. The molecule has 1 aromatic heterocycles. The van der Waals surface area contributed by atoms with E-state index in [1.807, 2.05) is 35.9 Å². The Kier molecular flexibility index (Phi) is 10.3. The molecule has 1 aliphatic carbocycles. The summed E-state index contributed by atoms with van der Waals surface area (Å²) < 4.78 is 55.0. The molecule has 0 radical (unpaired) electrons. The van der Waals surface area contributed by atoms with E-state index in [0.717, 1.165) is 29.8 Å². The molecule has 1 atom stereocenters. The predicted molar refractivity (Wildman–Crippen MR) is 168 cm³/mol. The van der Waals surface area contributed by atoms with Crippen LogP contribution in [0.3, 0.4) is 0 Å². The third-order valence-electron chi connectivity index (χ3n) is 8.54. The summed E-state index contributed by atoms with van der Waals surface area (Å²) in [6, 6.07) is 9.62. The zero-order chi connectivity index (χ0) is 32.3. The van der Waals surface area contributed by atoms with E-state index in [9.17, 15) is 22.8 Å². The van der Waals surface area contributed by atoms with Crippen LogP contribution in [-0.2, 0) is 42.4 Å². The topological polar surface area (TPSA) is 124 Å². The summed E-state index contributed by atoms with van der Waals surface area (Å²) in [5.41, 5.74) is -0.112. The molecule has 10 nitrogen and oxygen atoms in total. The number of ketones is 1. The lowest BCUT2D eigenvalue weighted by Crippen LogP contribution is -2.46. The number of fused-ring (bicyclic) bond motifs is 1. The number of likely N-dealkylation sites (tertiary alicyclic amines) is 1. The Morgan fingerprint density at radius 2 is 1.78 bits per heavy atom. The minimum atomic E-state index is -4.10. The highest BCUT2D eigenvalue weighted by Crippen LogP contribution is 2.31. The largest absolute Gasteiger partial charge is 0.469 e. The van der Waals surface area contributed by atoms with Gasteiger partial charge in [0.25, 0.3) is 5.91 Å². The Hall–Kier alpha value is -3.32. The van der Waals surface area contributed by atoms with Crippen molar-refractivity contribution in [2.45, 2.75) is 56.6 Å². The molecule has 1 unspecified atom stereocenters. The smallest absolute Gasteiger partial charge is 0.308 e. The van der Waals surface area contributed by atoms with Gasteiger partial charge in [0.1, 0.15) is 11.6 Å². The molecule has 242 valence electrons. The van der Waals surface area contributed by atoms with Gasteiger partial charge in [0.15, 0.2) is 15.6 Å². The number of carbonyl (C=O) groups excluding carboxylic acids is 3. The van der Waals surface area contributed by atoms with Gasteiger partial charge in [0, 0.05) is 43.7 Å². The van der Waals surface area contributed by atoms with Crippen LogP contribution in [0, 0.1) is 11.7 Å². The molecule has 1 saturated carbocycles. The zero-order valence-corrected chi connectivity index (χ0v) is 26.8. The van der Waals surface area contributed by atoms with Crippen molar-refractivity contribution in [2.24, 2.45) is 13.0 Å². The van der Waals surface area contributed by atoms with Crippen LogP contribution >= 0.6 is 11.6 Å². The number of rotatable bonds is 11. The Morgan fingerprint density at radius 1 is 1.09 bits per heavy atom. The van der Waals surface area contributed by atoms with Gasteiger partial charge >= 0.3 is 5.97 Å². The molecule has 1 aliphatic heterocycles. The van der Waals surface area contributed by atoms with Crippen molar-refractivity contribution in [2.75, 3.05) is 31.3 Å². The SMILES string of the molecule is COC(=O)C1CCC(OC(N2CCCC2)S(=O)(=O)CC(=O)Cc2cc(Cl)c(NC(=O)c3cn(C)c4ccccc34)cc2F)CC1. The molecular weight excluding hydrogens is 625 g/mol. The highest BCUT2D eigenvalue weighted by Gasteiger charge is 2.39. The van der Waals surface area contributed by atoms with Crippen molar-refractivity contribution in [3.05, 3.63) is 64.6 Å². The van der Waals surface area contributed by atoms with Crippen LogP contribution in [0.25, 0.3) is 10.9 Å². The second-order valence-corrected chi connectivity index (χ2v) is 14.2. The van der Waals surface area contributed by atoms with Gasteiger partial charge in [0.05, 0.1) is 35.4 Å². The monoisotopic (exact) mass is 661 g/mol. The molecule has 45 heavy (non-hydrogen) atoms. The summed E-state index contributed by atoms with van der Waals surface area (Å²) in [7, 11) is -0.946. The van der Waals surface area contributed by atoms with Crippen molar-refractivity contribution >= 4 is 55.7 Å². The number of ether oxygens (including phenoxy) is 2. The van der Waals surface area contributed by atoms with Gasteiger partial charge in [-0.25, -0.2) is 12.8 Å². The number of halogens is 2. The summed E-state index contributed by atoms with van der Waals surface area (Å²) in [5, 5.41) is 3.37. The molecule has 2 aliphatic rings. The molecule has 2 heterocycles. The van der Waals surface area contributed by atoms with Crippen molar-refractivity contribution in [1.82, 2.24) is 9.47 Å². The van der Waals surface area contributed by atoms with Crippen LogP contribution in [0.15, 0.2) is 42.6 Å². The van der Waals surface area contributed by atoms with Crippen LogP contribution in [0.5, 0.6) is 0 Å². The average molecular weight is 662 g/mol. The molecule has 1 amide bonds. The van der Waals surface area contributed by atoms with Crippen molar-refractivity contribution in [3.63, 3.8) is 0 Å². The Morgan fingerprint density at radius 3 is 2.47 bits per heavy atom. The number of Topliss-reactive ketones (excluding diaryl/α,β-unsaturated/α-hetero) is 1. The minimum Gasteiger partial charge on any atom is -0.469 e. The first-order valence-electron chi connectivity index (χ1n) is 15.0. The highest BCUT2D eigenvalue weighted by atomic mass is 35.5. The van der Waals surface area contributed by atoms with E-state index < -0.39 is 45.1 Å². The maximum absolute atomic E-state index is 15.2. The van der Waals surface area contributed by atoms with Crippen molar-refractivity contribution in [1.29, 1.82) is 0 Å². The summed E-state index contributed by atoms with van der Waals surface area (Å²) in [6.07, 6.45) is 4.47. The van der Waals surface area contributed by atoms with E-state index in [1.165, 1.54) is 13.2 Å². The van der Waals surface area contributed by atoms with Crippen LogP contribution in [-0.4, -0.2) is 73.2 Å². The number of benzene rings is 2. The van der Waals surface area contributed by atoms with E-state index >= 15 is 4.39 Å². The highest BCUT2D eigenvalue weighted by molar-refractivity contribution is 7.92. The minimum absolute atomic E-state index is 0.0106. The fourth-order valence-electron chi connectivity index (χ4n) is 6.21. The second kappa shape index (κ2) is 14.0. The molecule has 2 fully saturated rings. The Labute approximate surface area is 266 Å². The molecule has 1 saturated heterocycles. The number of carbonyl (C=O) groups is 3. The molecule has 2 aromatic carbocycles. The number of amides is 1. The number of nitrogens with zero attached hydrogens (tertiary/aromatic N) is 2. The van der Waals surface area contributed by atoms with Gasteiger partial charge < -0.3 is 19.4 Å². The molecular formula is C32H37ClFN3O7S. The summed E-state index contributed by atoms with van der Waals surface area (Å²) in [4.78, 5) is 39.7. The number of nitrogens with one attached hydrogen (secondary N) is 1. The molecule has 5 rings (SSSR count). The van der Waals surface area contributed by atoms with E-state index in [-0.39, 0.29) is 34.3 Å². The van der Waals surface area contributed by atoms with E-state index in [2.05, 4.69) is 5.32 Å². The van der Waals surface area contributed by atoms with Gasteiger partial charge in [-0.05, 0) is 62.3 Å². The Bertz CT molecular complexity index is 1700. The standard InChI is InChI=1S/C32H37ClFN3O7S/c1-36-18-25(24-7-3-4-8-29(24)36)30(39)35-28-17-27(34)21(16-26(28)33)15-22(38)19-45(41,42)32(37-13-5-6-14-37)44-23-11-9-20(10-12-23)31(40)43-2/h3-4,7-8,16-18,20,23,32H,5-6,9-15,19H2,1-2H3,(H,35,39). The number of sulfone groups is 1. The lowest BCUT2D eigenvalue weighted by atomic mass is 9.87. The normalized spacial score (nSPS) is 19.8. The number of hydrogen-bond donors (Lipinski definition) is 1. The van der Waals surface area contributed by atoms with Crippen LogP contribution in [0.4, 0.5) is 10.1 Å². The maximum atomic E-state index is 15.2. The first-order valence-corrected chi connectivity index (χ1v) is 17.1. The van der Waals surface area contributed by atoms with E-state index in [0.29, 0.717) is 44.3 Å². The second-order valence-electron chi connectivity index (χ2n) is 11.8. The van der Waals surface area contributed by atoms with Crippen LogP contribution in [0.1, 0.15) is 54.4 Å². The van der Waals surface area contributed by atoms with Gasteiger partial charge in [0.2, 0.25) is 5.56 Å². The molecule has 3 aromatic rings. The lowest BCUT2D eigenvalue weighted by Gasteiger charge is -2.33. The fourth-order valence-corrected chi connectivity index (χ4v) is 8.13. The molecule has 13 heteroatoms. The third-order valence-corrected chi connectivity index (χ3v) is 10.6. The summed E-state index contributed by atoms with van der Waals surface area (Å²) in [6.45, 7) is 1.04. The number of anilines is 1. The predicted octanol–water partition coefficient (Wildman–Crippen LogP) is 4.88. The lowest BCUT2D eigenvalue weighted by molar-refractivity contribution is -0.148.